The van der Waals surface area contributed by atoms with Crippen molar-refractivity contribution >= 4 is 17.5 Å². The Morgan fingerprint density at radius 2 is 1.93 bits per heavy atom. The first-order valence-electron chi connectivity index (χ1n) is 6.09. The average molecular weight is 232 g/mol. The van der Waals surface area contributed by atoms with Crippen molar-refractivity contribution in [2.75, 3.05) is 5.88 Å². The number of amides is 1. The number of nitrogens with one attached hydrogen (secondary N) is 1. The number of alkyl halides is 1. The molecular weight excluding hydrogens is 210 g/mol. The molecule has 0 unspecified atom stereocenters. The third-order valence-corrected chi connectivity index (χ3v) is 3.51. The Hall–Kier alpha value is -0.240. The molecule has 1 rings (SSSR count). The molecule has 0 aromatic carbocycles. The van der Waals surface area contributed by atoms with Gasteiger partial charge in [-0.2, -0.15) is 0 Å². The Kier molecular flexibility index (Phi) is 6.07. The normalized spacial score (nSPS) is 20.7. The van der Waals surface area contributed by atoms with Crippen LogP contribution in [0.4, 0.5) is 0 Å². The summed E-state index contributed by atoms with van der Waals surface area (Å²) >= 11 is 5.53. The maximum atomic E-state index is 11.4. The smallest absolute Gasteiger partial charge is 0.221 e. The largest absolute Gasteiger partial charge is 0.353 e. The van der Waals surface area contributed by atoms with E-state index in [1.54, 1.807) is 0 Å². The van der Waals surface area contributed by atoms with Crippen LogP contribution in [0.3, 0.4) is 0 Å². The predicted octanol–water partition coefficient (Wildman–Crippen LogP) is 3.09. The molecule has 0 aliphatic heterocycles. The van der Waals surface area contributed by atoms with Crippen molar-refractivity contribution in [3.05, 3.63) is 0 Å². The Balaban J connectivity index is 2.30. The van der Waals surface area contributed by atoms with Gasteiger partial charge in [-0.1, -0.05) is 25.7 Å². The van der Waals surface area contributed by atoms with E-state index in [1.807, 2.05) is 0 Å². The van der Waals surface area contributed by atoms with Gasteiger partial charge in [-0.15, -0.1) is 11.6 Å². The quantitative estimate of drug-likeness (QED) is 0.585. The van der Waals surface area contributed by atoms with Crippen LogP contribution in [0.1, 0.15) is 51.9 Å². The van der Waals surface area contributed by atoms with Crippen molar-refractivity contribution in [3.63, 3.8) is 0 Å². The molecule has 0 spiro atoms. The number of carbonyl (C=O) groups excluding carboxylic acids is 1. The van der Waals surface area contributed by atoms with Crippen LogP contribution in [0.2, 0.25) is 0 Å². The van der Waals surface area contributed by atoms with Crippen LogP contribution >= 0.6 is 11.6 Å². The number of rotatable bonds is 4. The summed E-state index contributed by atoms with van der Waals surface area (Å²) in [6, 6.07) is 0.318. The van der Waals surface area contributed by atoms with E-state index in [1.165, 1.54) is 38.5 Å². The van der Waals surface area contributed by atoms with E-state index < -0.39 is 0 Å². The van der Waals surface area contributed by atoms with Gasteiger partial charge in [0.2, 0.25) is 5.91 Å². The number of halogens is 1. The zero-order valence-electron chi connectivity index (χ0n) is 9.60. The third-order valence-electron chi connectivity index (χ3n) is 3.32. The lowest BCUT2D eigenvalue weighted by atomic mass is 9.93. The Morgan fingerprint density at radius 3 is 2.47 bits per heavy atom. The third kappa shape index (κ3) is 4.87. The van der Waals surface area contributed by atoms with Crippen LogP contribution in [0.25, 0.3) is 0 Å². The first kappa shape index (κ1) is 12.8. The lowest BCUT2D eigenvalue weighted by Crippen LogP contribution is -2.38. The highest BCUT2D eigenvalue weighted by molar-refractivity contribution is 6.18. The second-order valence-corrected chi connectivity index (χ2v) is 4.92. The summed E-state index contributed by atoms with van der Waals surface area (Å²) < 4.78 is 0. The fourth-order valence-electron chi connectivity index (χ4n) is 2.34. The van der Waals surface area contributed by atoms with Gasteiger partial charge in [-0.3, -0.25) is 4.79 Å². The number of carbonyl (C=O) groups is 1. The van der Waals surface area contributed by atoms with Crippen LogP contribution in [-0.4, -0.2) is 17.8 Å². The van der Waals surface area contributed by atoms with Gasteiger partial charge in [0, 0.05) is 18.3 Å². The Labute approximate surface area is 97.8 Å². The minimum atomic E-state index is 0.0988. The molecule has 88 valence electrons. The molecule has 0 aromatic rings. The Bertz CT molecular complexity index is 188. The summed E-state index contributed by atoms with van der Waals surface area (Å²) in [4.78, 5) is 11.4. The number of hydrogen-bond acceptors (Lipinski definition) is 1. The fraction of sp³-hybridized carbons (Fsp3) is 0.917. The van der Waals surface area contributed by atoms with Gasteiger partial charge in [0.15, 0.2) is 0 Å². The lowest BCUT2D eigenvalue weighted by Gasteiger charge is -2.23. The standard InChI is InChI=1S/C12H22ClNO/c1-10(14-12(15)8-9-13)11-6-4-2-3-5-7-11/h10-11H,2-9H2,1H3,(H,14,15)/t10-/m0/s1. The average Bonchev–Trinajstić information content (AvgIpc) is 2.45. The van der Waals surface area contributed by atoms with Crippen molar-refractivity contribution in [3.8, 4) is 0 Å². The monoisotopic (exact) mass is 231 g/mol. The molecule has 0 radical (unpaired) electrons. The summed E-state index contributed by atoms with van der Waals surface area (Å²) in [6.45, 7) is 2.13. The highest BCUT2D eigenvalue weighted by atomic mass is 35.5. The zero-order chi connectivity index (χ0) is 11.1. The van der Waals surface area contributed by atoms with Gasteiger partial charge in [-0.25, -0.2) is 0 Å². The molecular formula is C12H22ClNO. The van der Waals surface area contributed by atoms with Crippen LogP contribution in [-0.2, 0) is 4.79 Å². The highest BCUT2D eigenvalue weighted by Gasteiger charge is 2.19. The molecule has 1 aliphatic carbocycles. The van der Waals surface area contributed by atoms with Crippen LogP contribution in [0.15, 0.2) is 0 Å². The van der Waals surface area contributed by atoms with Crippen LogP contribution in [0, 0.1) is 5.92 Å². The van der Waals surface area contributed by atoms with E-state index in [-0.39, 0.29) is 5.91 Å². The minimum Gasteiger partial charge on any atom is -0.353 e. The fourth-order valence-corrected chi connectivity index (χ4v) is 2.51. The first-order chi connectivity index (χ1) is 7.24. The molecule has 0 heterocycles. The molecule has 3 heteroatoms. The molecule has 0 saturated heterocycles. The molecule has 1 amide bonds. The van der Waals surface area contributed by atoms with Gasteiger partial charge < -0.3 is 5.32 Å². The van der Waals surface area contributed by atoms with Gasteiger partial charge in [0.1, 0.15) is 0 Å². The van der Waals surface area contributed by atoms with Crippen LogP contribution < -0.4 is 5.32 Å². The maximum absolute atomic E-state index is 11.4. The zero-order valence-corrected chi connectivity index (χ0v) is 10.4. The topological polar surface area (TPSA) is 29.1 Å². The van der Waals surface area contributed by atoms with E-state index in [2.05, 4.69) is 12.2 Å². The van der Waals surface area contributed by atoms with Crippen LogP contribution in [0.5, 0.6) is 0 Å². The minimum absolute atomic E-state index is 0.0988. The predicted molar refractivity (Wildman–Crippen MR) is 64.1 cm³/mol. The van der Waals surface area contributed by atoms with E-state index in [9.17, 15) is 4.79 Å². The van der Waals surface area contributed by atoms with E-state index >= 15 is 0 Å². The van der Waals surface area contributed by atoms with E-state index in [4.69, 9.17) is 11.6 Å². The summed E-state index contributed by atoms with van der Waals surface area (Å²) in [5, 5.41) is 3.05. The number of hydrogen-bond donors (Lipinski definition) is 1. The molecule has 1 N–H and O–H groups in total. The molecule has 2 nitrogen and oxygen atoms in total. The lowest BCUT2D eigenvalue weighted by molar-refractivity contribution is -0.121. The van der Waals surface area contributed by atoms with Gasteiger partial charge >= 0.3 is 0 Å². The molecule has 1 aliphatic rings. The van der Waals surface area contributed by atoms with Gasteiger partial charge in [0.25, 0.3) is 0 Å². The summed E-state index contributed by atoms with van der Waals surface area (Å²) in [7, 11) is 0. The molecule has 15 heavy (non-hydrogen) atoms. The second-order valence-electron chi connectivity index (χ2n) is 4.55. The second kappa shape index (κ2) is 7.10. The molecule has 1 atom stereocenters. The van der Waals surface area contributed by atoms with E-state index in [0.717, 1.165) is 0 Å². The first-order valence-corrected chi connectivity index (χ1v) is 6.63. The summed E-state index contributed by atoms with van der Waals surface area (Å²) in [5.41, 5.74) is 0. The van der Waals surface area contributed by atoms with Crippen molar-refractivity contribution in [1.82, 2.24) is 5.32 Å². The summed E-state index contributed by atoms with van der Waals surface area (Å²) in [6.07, 6.45) is 8.34. The van der Waals surface area contributed by atoms with Crippen molar-refractivity contribution in [1.29, 1.82) is 0 Å². The molecule has 1 saturated carbocycles. The SMILES string of the molecule is C[C@H](NC(=O)CCCl)C1CCCCCC1. The van der Waals surface area contributed by atoms with E-state index in [0.29, 0.717) is 24.3 Å². The highest BCUT2D eigenvalue weighted by Crippen LogP contribution is 2.25. The maximum Gasteiger partial charge on any atom is 0.221 e. The van der Waals surface area contributed by atoms with Gasteiger partial charge in [0.05, 0.1) is 0 Å². The molecule has 0 bridgehead atoms. The summed E-state index contributed by atoms with van der Waals surface area (Å²) in [5.74, 6) is 1.19. The van der Waals surface area contributed by atoms with Crippen molar-refractivity contribution < 1.29 is 4.79 Å². The Morgan fingerprint density at radius 1 is 1.33 bits per heavy atom. The molecule has 1 fully saturated rings. The molecule has 0 aromatic heterocycles. The van der Waals surface area contributed by atoms with Crippen molar-refractivity contribution in [2.45, 2.75) is 57.9 Å². The van der Waals surface area contributed by atoms with Crippen molar-refractivity contribution in [2.24, 2.45) is 5.92 Å². The van der Waals surface area contributed by atoms with Gasteiger partial charge in [-0.05, 0) is 25.7 Å².